The van der Waals surface area contributed by atoms with Crippen LogP contribution in [0, 0.1) is 0 Å². The van der Waals surface area contributed by atoms with E-state index in [4.69, 9.17) is 4.74 Å². The molecule has 1 N–H and O–H groups in total. The number of halogens is 1. The predicted molar refractivity (Wildman–Crippen MR) is 87.3 cm³/mol. The normalized spacial score (nSPS) is 20.1. The van der Waals surface area contributed by atoms with E-state index in [1.807, 2.05) is 19.2 Å². The van der Waals surface area contributed by atoms with E-state index in [0.717, 1.165) is 23.3 Å². The van der Waals surface area contributed by atoms with Gasteiger partial charge in [0.1, 0.15) is 5.75 Å². The molecule has 0 radical (unpaired) electrons. The van der Waals surface area contributed by atoms with Gasteiger partial charge in [-0.05, 0) is 57.6 Å². The van der Waals surface area contributed by atoms with Crippen molar-refractivity contribution in [2.24, 2.45) is 0 Å². The van der Waals surface area contributed by atoms with Crippen molar-refractivity contribution in [1.82, 2.24) is 10.2 Å². The number of piperidine rings is 1. The van der Waals surface area contributed by atoms with Gasteiger partial charge in [0, 0.05) is 22.6 Å². The summed E-state index contributed by atoms with van der Waals surface area (Å²) in [5.74, 6) is 0.992. The monoisotopic (exact) mass is 340 g/mol. The van der Waals surface area contributed by atoms with E-state index >= 15 is 0 Å². The topological polar surface area (TPSA) is 24.5 Å². The molecule has 1 aliphatic rings. The van der Waals surface area contributed by atoms with Gasteiger partial charge in [-0.25, -0.2) is 0 Å². The van der Waals surface area contributed by atoms with Gasteiger partial charge < -0.3 is 10.1 Å². The van der Waals surface area contributed by atoms with Gasteiger partial charge in [0.05, 0.1) is 7.11 Å². The minimum absolute atomic E-state index is 0.694. The standard InChI is InChI=1S/C16H25BrN2O/c1-18-9-8-15-5-3-4-10-19(15)12-13-11-14(17)6-7-16(13)20-2/h6-7,11,15,18H,3-5,8-10,12H2,1-2H3. The number of methoxy groups -OCH3 is 1. The largest absolute Gasteiger partial charge is 0.496 e. The number of nitrogens with zero attached hydrogens (tertiary/aromatic N) is 1. The predicted octanol–water partition coefficient (Wildman–Crippen LogP) is 3.42. The van der Waals surface area contributed by atoms with E-state index < -0.39 is 0 Å². The molecular weight excluding hydrogens is 316 g/mol. The molecule has 0 spiro atoms. The summed E-state index contributed by atoms with van der Waals surface area (Å²) < 4.78 is 6.62. The smallest absolute Gasteiger partial charge is 0.123 e. The van der Waals surface area contributed by atoms with Crippen LogP contribution in [0.2, 0.25) is 0 Å². The van der Waals surface area contributed by atoms with Crippen molar-refractivity contribution in [1.29, 1.82) is 0 Å². The molecule has 0 saturated carbocycles. The Morgan fingerprint density at radius 3 is 3.00 bits per heavy atom. The molecule has 0 aliphatic carbocycles. The second-order valence-electron chi connectivity index (χ2n) is 5.47. The van der Waals surface area contributed by atoms with E-state index in [1.165, 1.54) is 37.8 Å². The van der Waals surface area contributed by atoms with Gasteiger partial charge in [-0.3, -0.25) is 4.90 Å². The Morgan fingerprint density at radius 1 is 1.40 bits per heavy atom. The van der Waals surface area contributed by atoms with Crippen LogP contribution in [-0.4, -0.2) is 38.2 Å². The minimum Gasteiger partial charge on any atom is -0.496 e. The molecule has 3 nitrogen and oxygen atoms in total. The summed E-state index contributed by atoms with van der Waals surface area (Å²) in [6.07, 6.45) is 5.22. The number of hydrogen-bond donors (Lipinski definition) is 1. The molecule has 0 amide bonds. The van der Waals surface area contributed by atoms with E-state index in [-0.39, 0.29) is 0 Å². The fourth-order valence-electron chi connectivity index (χ4n) is 3.00. The highest BCUT2D eigenvalue weighted by atomic mass is 79.9. The molecule has 112 valence electrons. The van der Waals surface area contributed by atoms with Crippen LogP contribution in [-0.2, 0) is 6.54 Å². The van der Waals surface area contributed by atoms with Crippen LogP contribution in [0.3, 0.4) is 0 Å². The van der Waals surface area contributed by atoms with Gasteiger partial charge in [-0.15, -0.1) is 0 Å². The molecule has 1 unspecified atom stereocenters. The number of nitrogens with one attached hydrogen (secondary N) is 1. The van der Waals surface area contributed by atoms with Crippen molar-refractivity contribution in [2.45, 2.75) is 38.3 Å². The maximum absolute atomic E-state index is 5.50. The van der Waals surface area contributed by atoms with Gasteiger partial charge in [0.25, 0.3) is 0 Å². The summed E-state index contributed by atoms with van der Waals surface area (Å²) in [7, 11) is 3.78. The minimum atomic E-state index is 0.694. The molecule has 1 aromatic rings. The van der Waals surface area contributed by atoms with E-state index in [9.17, 15) is 0 Å². The van der Waals surface area contributed by atoms with Crippen LogP contribution in [0.5, 0.6) is 5.75 Å². The van der Waals surface area contributed by atoms with Crippen molar-refractivity contribution < 1.29 is 4.74 Å². The molecule has 0 bridgehead atoms. The number of ether oxygens (including phenoxy) is 1. The van der Waals surface area contributed by atoms with Crippen LogP contribution < -0.4 is 10.1 Å². The van der Waals surface area contributed by atoms with Crippen molar-refractivity contribution in [2.75, 3.05) is 27.2 Å². The summed E-state index contributed by atoms with van der Waals surface area (Å²) in [6, 6.07) is 6.96. The molecule has 1 fully saturated rings. The van der Waals surface area contributed by atoms with E-state index in [0.29, 0.717) is 6.04 Å². The highest BCUT2D eigenvalue weighted by Gasteiger charge is 2.22. The van der Waals surface area contributed by atoms with Crippen molar-refractivity contribution >= 4 is 15.9 Å². The first-order valence-electron chi connectivity index (χ1n) is 7.45. The lowest BCUT2D eigenvalue weighted by Crippen LogP contribution is -2.40. The van der Waals surface area contributed by atoms with Crippen LogP contribution in [0.25, 0.3) is 0 Å². The first-order valence-corrected chi connectivity index (χ1v) is 8.25. The summed E-state index contributed by atoms with van der Waals surface area (Å²) in [5.41, 5.74) is 1.28. The summed E-state index contributed by atoms with van der Waals surface area (Å²) in [4.78, 5) is 2.62. The van der Waals surface area contributed by atoms with Gasteiger partial charge in [-0.1, -0.05) is 22.4 Å². The maximum atomic E-state index is 5.50. The summed E-state index contributed by atoms with van der Waals surface area (Å²) in [6.45, 7) is 3.28. The molecule has 2 rings (SSSR count). The molecule has 20 heavy (non-hydrogen) atoms. The van der Waals surface area contributed by atoms with Crippen molar-refractivity contribution in [3.8, 4) is 5.75 Å². The second-order valence-corrected chi connectivity index (χ2v) is 6.38. The lowest BCUT2D eigenvalue weighted by molar-refractivity contribution is 0.131. The Labute approximate surface area is 130 Å². The first kappa shape index (κ1) is 15.8. The fourth-order valence-corrected chi connectivity index (χ4v) is 3.40. The molecule has 1 saturated heterocycles. The molecule has 0 aromatic heterocycles. The van der Waals surface area contributed by atoms with E-state index in [1.54, 1.807) is 7.11 Å². The lowest BCUT2D eigenvalue weighted by Gasteiger charge is -2.36. The molecule has 1 heterocycles. The molecular formula is C16H25BrN2O. The Morgan fingerprint density at radius 2 is 2.25 bits per heavy atom. The lowest BCUT2D eigenvalue weighted by atomic mass is 9.98. The van der Waals surface area contributed by atoms with Crippen molar-refractivity contribution in [3.63, 3.8) is 0 Å². The van der Waals surface area contributed by atoms with Crippen LogP contribution in [0.4, 0.5) is 0 Å². The maximum Gasteiger partial charge on any atom is 0.123 e. The van der Waals surface area contributed by atoms with Gasteiger partial charge >= 0.3 is 0 Å². The number of benzene rings is 1. The molecule has 1 aliphatic heterocycles. The number of hydrogen-bond acceptors (Lipinski definition) is 3. The molecule has 1 atom stereocenters. The number of likely N-dealkylation sites (tertiary alicyclic amines) is 1. The molecule has 4 heteroatoms. The SMILES string of the molecule is CNCCC1CCCCN1Cc1cc(Br)ccc1OC. The quantitative estimate of drug-likeness (QED) is 0.858. The highest BCUT2D eigenvalue weighted by molar-refractivity contribution is 9.10. The zero-order chi connectivity index (χ0) is 14.4. The third kappa shape index (κ3) is 4.21. The number of rotatable bonds is 6. The second kappa shape index (κ2) is 8.01. The van der Waals surface area contributed by atoms with Gasteiger partial charge in [-0.2, -0.15) is 0 Å². The Bertz CT molecular complexity index is 425. The first-order chi connectivity index (χ1) is 9.74. The van der Waals surface area contributed by atoms with E-state index in [2.05, 4.69) is 32.2 Å². The van der Waals surface area contributed by atoms with Crippen LogP contribution in [0.1, 0.15) is 31.2 Å². The fraction of sp³-hybridized carbons (Fsp3) is 0.625. The highest BCUT2D eigenvalue weighted by Crippen LogP contribution is 2.28. The molecule has 1 aromatic carbocycles. The van der Waals surface area contributed by atoms with Crippen LogP contribution >= 0.6 is 15.9 Å². The zero-order valence-corrected chi connectivity index (χ0v) is 14.1. The zero-order valence-electron chi connectivity index (χ0n) is 12.5. The summed E-state index contributed by atoms with van der Waals surface area (Å²) in [5, 5.41) is 3.27. The van der Waals surface area contributed by atoms with Gasteiger partial charge in [0.15, 0.2) is 0 Å². The van der Waals surface area contributed by atoms with Gasteiger partial charge in [0.2, 0.25) is 0 Å². The third-order valence-corrected chi connectivity index (χ3v) is 4.59. The average Bonchev–Trinajstić information content (AvgIpc) is 2.47. The average molecular weight is 341 g/mol. The van der Waals surface area contributed by atoms with Crippen molar-refractivity contribution in [3.05, 3.63) is 28.2 Å². The Balaban J connectivity index is 2.07. The summed E-state index contributed by atoms with van der Waals surface area (Å²) >= 11 is 3.56. The van der Waals surface area contributed by atoms with Crippen LogP contribution in [0.15, 0.2) is 22.7 Å². The third-order valence-electron chi connectivity index (χ3n) is 4.09. The Hall–Kier alpha value is -0.580. The Kier molecular flexibility index (Phi) is 6.33.